The van der Waals surface area contributed by atoms with Crippen LogP contribution in [0.3, 0.4) is 0 Å². The Bertz CT molecular complexity index is 824. The van der Waals surface area contributed by atoms with Crippen LogP contribution in [0.5, 0.6) is 0 Å². The van der Waals surface area contributed by atoms with Gasteiger partial charge in [-0.1, -0.05) is 0 Å². The number of aromatic nitrogens is 4. The van der Waals surface area contributed by atoms with Crippen LogP contribution < -0.4 is 4.57 Å². The summed E-state index contributed by atoms with van der Waals surface area (Å²) in [7, 11) is -7.89. The van der Waals surface area contributed by atoms with Gasteiger partial charge in [-0.25, -0.2) is 18.0 Å². The van der Waals surface area contributed by atoms with E-state index in [1.165, 1.54) is 24.9 Å². The SMILES string of the molecule is C[n+]1ccn(S(=O)(=O)c2ncc[nH]2)c1.O=S(=O)([O-])C(F)(F)F. The highest BCUT2D eigenvalue weighted by molar-refractivity contribution is 7.89. The number of aryl methyl sites for hydroxylation is 1. The summed E-state index contributed by atoms with van der Waals surface area (Å²) in [6, 6.07) is 0. The lowest BCUT2D eigenvalue weighted by Crippen LogP contribution is -2.25. The third-order valence-corrected chi connectivity index (χ3v) is 4.07. The first-order chi connectivity index (χ1) is 9.85. The number of nitrogens with zero attached hydrogens (tertiary/aromatic N) is 3. The molecule has 0 bridgehead atoms. The Morgan fingerprint density at radius 2 is 1.86 bits per heavy atom. The predicted octanol–water partition coefficient (Wildman–Crippen LogP) is -0.676. The minimum Gasteiger partial charge on any atom is -0.741 e. The average Bonchev–Trinajstić information content (AvgIpc) is 2.97. The van der Waals surface area contributed by atoms with Crippen molar-refractivity contribution >= 4 is 20.1 Å². The summed E-state index contributed by atoms with van der Waals surface area (Å²) in [5, 5.41) is -0.0614. The van der Waals surface area contributed by atoms with E-state index in [0.29, 0.717) is 0 Å². The number of hydrogen-bond donors (Lipinski definition) is 1. The largest absolute Gasteiger partial charge is 0.741 e. The zero-order chi connectivity index (χ0) is 17.2. The van der Waals surface area contributed by atoms with Crippen molar-refractivity contribution in [3.63, 3.8) is 0 Å². The molecule has 0 unspecified atom stereocenters. The molecular formula is C8H9F3N4O5S2. The topological polar surface area (TPSA) is 129 Å². The molecule has 1 N–H and O–H groups in total. The van der Waals surface area contributed by atoms with Gasteiger partial charge in [0.15, 0.2) is 10.1 Å². The van der Waals surface area contributed by atoms with Gasteiger partial charge in [0.25, 0.3) is 11.5 Å². The van der Waals surface area contributed by atoms with E-state index in [1.54, 1.807) is 17.8 Å². The molecule has 0 aliphatic carbocycles. The molecule has 0 aromatic carbocycles. The van der Waals surface area contributed by atoms with E-state index >= 15 is 0 Å². The molecule has 0 aliphatic rings. The fraction of sp³-hybridized carbons (Fsp3) is 0.250. The molecule has 0 atom stereocenters. The first-order valence-electron chi connectivity index (χ1n) is 5.16. The van der Waals surface area contributed by atoms with Crippen molar-refractivity contribution in [2.45, 2.75) is 10.7 Å². The average molecular weight is 362 g/mol. The van der Waals surface area contributed by atoms with Crippen LogP contribution in [-0.4, -0.2) is 40.8 Å². The smallest absolute Gasteiger partial charge is 0.485 e. The van der Waals surface area contributed by atoms with Gasteiger partial charge in [0.1, 0.15) is 12.4 Å². The third-order valence-electron chi connectivity index (χ3n) is 2.02. The number of imidazole rings is 2. The molecule has 124 valence electrons. The molecule has 9 nitrogen and oxygen atoms in total. The van der Waals surface area contributed by atoms with Gasteiger partial charge in [-0.15, -0.1) is 3.97 Å². The second-order valence-corrected chi connectivity index (χ2v) is 6.84. The number of alkyl halides is 3. The van der Waals surface area contributed by atoms with E-state index in [9.17, 15) is 21.6 Å². The molecule has 0 fully saturated rings. The Kier molecular flexibility index (Phi) is 4.99. The summed E-state index contributed by atoms with van der Waals surface area (Å²) in [4.78, 5) is 6.26. The maximum atomic E-state index is 11.8. The number of halogens is 3. The van der Waals surface area contributed by atoms with Gasteiger partial charge in [0, 0.05) is 12.4 Å². The molecule has 0 saturated heterocycles. The lowest BCUT2D eigenvalue weighted by molar-refractivity contribution is -0.670. The number of aromatic amines is 1. The molecule has 0 saturated carbocycles. The fourth-order valence-electron chi connectivity index (χ4n) is 1.06. The summed E-state index contributed by atoms with van der Waals surface area (Å²) < 4.78 is 85.2. The van der Waals surface area contributed by atoms with E-state index in [4.69, 9.17) is 13.0 Å². The highest BCUT2D eigenvalue weighted by Gasteiger charge is 2.36. The van der Waals surface area contributed by atoms with Gasteiger partial charge in [0.2, 0.25) is 0 Å². The van der Waals surface area contributed by atoms with E-state index in [2.05, 4.69) is 9.97 Å². The van der Waals surface area contributed by atoms with Crippen molar-refractivity contribution < 1.29 is 39.1 Å². The minimum atomic E-state index is -6.09. The van der Waals surface area contributed by atoms with Gasteiger partial charge in [0.05, 0.1) is 7.05 Å². The molecule has 2 rings (SSSR count). The normalized spacial score (nSPS) is 12.6. The second-order valence-electron chi connectivity index (χ2n) is 3.71. The van der Waals surface area contributed by atoms with Crippen molar-refractivity contribution in [2.75, 3.05) is 0 Å². The first-order valence-corrected chi connectivity index (χ1v) is 8.01. The van der Waals surface area contributed by atoms with Crippen molar-refractivity contribution in [2.24, 2.45) is 7.05 Å². The Balaban J connectivity index is 0.000000261. The summed E-state index contributed by atoms with van der Waals surface area (Å²) in [6.07, 6.45) is 7.42. The molecule has 0 radical (unpaired) electrons. The quantitative estimate of drug-likeness (QED) is 0.428. The molecular weight excluding hydrogens is 353 g/mol. The predicted molar refractivity (Wildman–Crippen MR) is 62.5 cm³/mol. The zero-order valence-electron chi connectivity index (χ0n) is 10.7. The van der Waals surface area contributed by atoms with Crippen molar-refractivity contribution in [3.05, 3.63) is 31.1 Å². The lowest BCUT2D eigenvalue weighted by atomic mass is 10.9. The summed E-state index contributed by atoms with van der Waals surface area (Å²) in [5.41, 5.74) is -5.65. The number of rotatable bonds is 2. The van der Waals surface area contributed by atoms with Crippen LogP contribution in [0.15, 0.2) is 36.3 Å². The molecule has 2 heterocycles. The Morgan fingerprint density at radius 3 is 2.18 bits per heavy atom. The summed E-state index contributed by atoms with van der Waals surface area (Å²) in [5.74, 6) is 0. The molecule has 22 heavy (non-hydrogen) atoms. The summed E-state index contributed by atoms with van der Waals surface area (Å²) >= 11 is 0. The maximum absolute atomic E-state index is 11.8. The van der Waals surface area contributed by atoms with Crippen LogP contribution in [-0.2, 0) is 27.2 Å². The standard InChI is InChI=1S/C7H9N4O2S.CHF3O3S/c1-10-4-5-11(6-10)14(12,13)7-8-2-3-9-7;2-1(3,4)8(5,6)7/h2-6H,1H3,(H,8,9);(H,5,6,7)/q+1;/p-1. The van der Waals surface area contributed by atoms with Crippen molar-refractivity contribution in [1.82, 2.24) is 13.9 Å². The van der Waals surface area contributed by atoms with E-state index in [1.807, 2.05) is 0 Å². The van der Waals surface area contributed by atoms with Crippen LogP contribution in [0, 0.1) is 0 Å². The first kappa shape index (κ1) is 18.1. The molecule has 0 spiro atoms. The highest BCUT2D eigenvalue weighted by Crippen LogP contribution is 2.20. The monoisotopic (exact) mass is 362 g/mol. The molecule has 0 amide bonds. The number of nitrogens with one attached hydrogen (secondary N) is 1. The molecule has 0 aliphatic heterocycles. The third kappa shape index (κ3) is 4.28. The van der Waals surface area contributed by atoms with Gasteiger partial charge >= 0.3 is 15.5 Å². The minimum absolute atomic E-state index is 0.0614. The Labute approximate surface area is 122 Å². The van der Waals surface area contributed by atoms with Crippen molar-refractivity contribution in [1.29, 1.82) is 0 Å². The Morgan fingerprint density at radius 1 is 1.32 bits per heavy atom. The van der Waals surface area contributed by atoms with Crippen LogP contribution >= 0.6 is 0 Å². The Hall–Kier alpha value is -1.93. The zero-order valence-corrected chi connectivity index (χ0v) is 12.4. The fourth-order valence-corrected chi connectivity index (χ4v) is 2.16. The van der Waals surface area contributed by atoms with Crippen LogP contribution in [0.4, 0.5) is 13.2 Å². The highest BCUT2D eigenvalue weighted by atomic mass is 32.2. The summed E-state index contributed by atoms with van der Waals surface area (Å²) in [6.45, 7) is 0. The van der Waals surface area contributed by atoms with E-state index in [-0.39, 0.29) is 5.16 Å². The van der Waals surface area contributed by atoms with Gasteiger partial charge in [-0.2, -0.15) is 21.6 Å². The molecule has 2 aromatic rings. The maximum Gasteiger partial charge on any atom is 0.485 e. The molecule has 2 aromatic heterocycles. The van der Waals surface area contributed by atoms with Crippen LogP contribution in [0.1, 0.15) is 0 Å². The van der Waals surface area contributed by atoms with E-state index in [0.717, 1.165) is 3.97 Å². The number of H-pyrrole nitrogens is 1. The lowest BCUT2D eigenvalue weighted by Gasteiger charge is -2.08. The van der Waals surface area contributed by atoms with E-state index < -0.39 is 25.6 Å². The van der Waals surface area contributed by atoms with Gasteiger partial charge < -0.3 is 9.54 Å². The van der Waals surface area contributed by atoms with Gasteiger partial charge in [-0.3, -0.25) is 0 Å². The second kappa shape index (κ2) is 6.05. The van der Waals surface area contributed by atoms with Crippen LogP contribution in [0.25, 0.3) is 0 Å². The molecule has 14 heteroatoms. The van der Waals surface area contributed by atoms with Gasteiger partial charge in [-0.05, 0) is 0 Å². The van der Waals surface area contributed by atoms with Crippen LogP contribution in [0.2, 0.25) is 0 Å². The number of hydrogen-bond acceptors (Lipinski definition) is 6. The van der Waals surface area contributed by atoms with Crippen molar-refractivity contribution in [3.8, 4) is 0 Å².